The van der Waals surface area contributed by atoms with Crippen LogP contribution in [0.4, 0.5) is 8.78 Å². The molecule has 0 radical (unpaired) electrons. The Morgan fingerprint density at radius 2 is 1.61 bits per heavy atom. The number of halogens is 2. The number of ether oxygens (including phenoxy) is 1. The highest BCUT2D eigenvalue weighted by Crippen LogP contribution is 2.63. The Bertz CT molecular complexity index is 2330. The number of nitrogens with zero attached hydrogens (tertiary/aromatic N) is 2. The summed E-state index contributed by atoms with van der Waals surface area (Å²) in [5.41, 5.74) is -3.61. The van der Waals surface area contributed by atoms with Gasteiger partial charge in [-0.2, -0.15) is 8.78 Å². The molecule has 6 atom stereocenters. The van der Waals surface area contributed by atoms with Crippen molar-refractivity contribution in [1.82, 2.24) is 20.2 Å². The van der Waals surface area contributed by atoms with Crippen molar-refractivity contribution in [2.24, 2.45) is 0 Å². The van der Waals surface area contributed by atoms with Crippen LogP contribution in [0.5, 0.6) is 5.75 Å². The molecule has 1 saturated carbocycles. The Morgan fingerprint density at radius 1 is 0.902 bits per heavy atom. The monoisotopic (exact) mass is 854 g/mol. The number of rotatable bonds is 13. The standard InChI is InChI=1S/C47H53F2N4O7P/c1-3-26-59-45(57)31(2)51-61(58,60-39-15-8-5-9-16-39)47(48,49)37-21-20-33-18-19-34(27-35(33)28-37)42(54)50-40-17-11-10-14-38-22-23-41(53(38)43(40)55)44(56)52-30-36(29-46(52)24-25-46)32-12-6-4-7-13-32/h4-9,12-13,15-16,18-21,27-28,31,36,38,40-41H,3,10-11,14,17,22-26,29-30H2,1-2H3,(H,50,54)(H,51,58)/t31-,36?,38-,40-,41-,61?/m0/s1. The van der Waals surface area contributed by atoms with Gasteiger partial charge in [0, 0.05) is 35.2 Å². The molecule has 11 nitrogen and oxygen atoms in total. The molecule has 3 aliphatic heterocycles. The average Bonchev–Trinajstić information content (AvgIpc) is 3.76. The van der Waals surface area contributed by atoms with Crippen LogP contribution in [0.1, 0.15) is 105 Å². The van der Waals surface area contributed by atoms with Crippen LogP contribution < -0.4 is 14.9 Å². The first-order chi connectivity index (χ1) is 29.3. The number of carbonyl (C=O) groups is 4. The summed E-state index contributed by atoms with van der Waals surface area (Å²) in [4.78, 5) is 59.4. The first-order valence-corrected chi connectivity index (χ1v) is 23.2. The van der Waals surface area contributed by atoms with Crippen LogP contribution in [0.3, 0.4) is 0 Å². The van der Waals surface area contributed by atoms with Crippen LogP contribution in [0.2, 0.25) is 0 Å². The molecule has 3 heterocycles. The molecule has 1 spiro atoms. The zero-order valence-corrected chi connectivity index (χ0v) is 35.5. The molecular formula is C47H53F2N4O7P. The van der Waals surface area contributed by atoms with Gasteiger partial charge in [0.1, 0.15) is 23.9 Å². The van der Waals surface area contributed by atoms with Gasteiger partial charge in [0.2, 0.25) is 11.8 Å². The smallest absolute Gasteiger partial charge is 0.390 e. The molecule has 2 unspecified atom stereocenters. The lowest BCUT2D eigenvalue weighted by atomic mass is 9.96. The van der Waals surface area contributed by atoms with E-state index < -0.39 is 48.7 Å². The van der Waals surface area contributed by atoms with Crippen molar-refractivity contribution in [3.8, 4) is 5.75 Å². The molecule has 61 heavy (non-hydrogen) atoms. The van der Waals surface area contributed by atoms with Crippen LogP contribution in [-0.2, 0) is 29.3 Å². The molecular weight excluding hydrogens is 802 g/mol. The summed E-state index contributed by atoms with van der Waals surface area (Å²) in [6.45, 7) is 3.76. The van der Waals surface area contributed by atoms with Crippen molar-refractivity contribution in [3.63, 3.8) is 0 Å². The number of alkyl halides is 2. The maximum Gasteiger partial charge on any atom is 0.390 e. The van der Waals surface area contributed by atoms with Gasteiger partial charge < -0.3 is 24.4 Å². The van der Waals surface area contributed by atoms with E-state index in [1.165, 1.54) is 36.8 Å². The Morgan fingerprint density at radius 3 is 2.33 bits per heavy atom. The highest BCUT2D eigenvalue weighted by atomic mass is 31.2. The SMILES string of the molecule is CCCOC(=O)[C@H](C)NP(=O)(Oc1ccccc1)C(F)(F)c1ccc2ccc(C(=O)N[C@H]3CCCC[C@H]4CC[C@@H](C(=O)N5CC(c6ccccc6)CC56CC6)N4C3=O)cc2c1. The number of likely N-dealkylation sites (tertiary alicyclic amines) is 1. The second-order valence-corrected chi connectivity index (χ2v) is 19.2. The predicted molar refractivity (Wildman–Crippen MR) is 227 cm³/mol. The summed E-state index contributed by atoms with van der Waals surface area (Å²) in [7, 11) is -5.24. The highest BCUT2D eigenvalue weighted by molar-refractivity contribution is 7.58. The largest absolute Gasteiger partial charge is 0.465 e. The van der Waals surface area contributed by atoms with Gasteiger partial charge in [-0.25, -0.2) is 5.09 Å². The van der Waals surface area contributed by atoms with Crippen molar-refractivity contribution >= 4 is 42.0 Å². The number of hydrogen-bond acceptors (Lipinski definition) is 7. The molecule has 322 valence electrons. The zero-order chi connectivity index (χ0) is 42.9. The van der Waals surface area contributed by atoms with E-state index in [0.717, 1.165) is 57.1 Å². The van der Waals surface area contributed by atoms with E-state index in [9.17, 15) is 23.7 Å². The number of amides is 3. The lowest BCUT2D eigenvalue weighted by Gasteiger charge is -2.37. The van der Waals surface area contributed by atoms with E-state index in [2.05, 4.69) is 27.4 Å². The fraction of sp³-hybridized carbons (Fsp3) is 0.447. The summed E-state index contributed by atoms with van der Waals surface area (Å²) in [6.07, 6.45) is 7.43. The normalized spacial score (nSPS) is 23.7. The first-order valence-electron chi connectivity index (χ1n) is 21.5. The molecule has 0 aromatic heterocycles. The molecule has 4 aliphatic rings. The Kier molecular flexibility index (Phi) is 12.1. The Balaban J connectivity index is 1.01. The van der Waals surface area contributed by atoms with Crippen molar-refractivity contribution in [2.45, 2.75) is 119 Å². The molecule has 4 aromatic rings. The molecule has 4 fully saturated rings. The minimum Gasteiger partial charge on any atom is -0.465 e. The Hall–Kier alpha value is -5.13. The molecule has 4 aromatic carbocycles. The van der Waals surface area contributed by atoms with Gasteiger partial charge in [-0.05, 0) is 105 Å². The summed E-state index contributed by atoms with van der Waals surface area (Å²) < 4.78 is 58.3. The molecule has 8 rings (SSSR count). The fourth-order valence-corrected chi connectivity index (χ4v) is 11.3. The van der Waals surface area contributed by atoms with Crippen molar-refractivity contribution in [1.29, 1.82) is 0 Å². The number of fused-ring (bicyclic) bond motifs is 2. The third-order valence-electron chi connectivity index (χ3n) is 12.9. The molecule has 3 amide bonds. The minimum absolute atomic E-state index is 0.000588. The van der Waals surface area contributed by atoms with Crippen LogP contribution in [0.15, 0.2) is 97.1 Å². The van der Waals surface area contributed by atoms with Gasteiger partial charge in [0.25, 0.3) is 5.91 Å². The van der Waals surface area contributed by atoms with E-state index in [1.807, 2.05) is 18.2 Å². The highest BCUT2D eigenvalue weighted by Gasteiger charge is 2.59. The summed E-state index contributed by atoms with van der Waals surface area (Å²) in [6, 6.07) is 23.2. The third kappa shape index (κ3) is 8.56. The van der Waals surface area contributed by atoms with Crippen LogP contribution >= 0.6 is 7.52 Å². The lowest BCUT2D eigenvalue weighted by Crippen LogP contribution is -2.57. The number of esters is 1. The van der Waals surface area contributed by atoms with E-state index in [-0.39, 0.29) is 52.6 Å². The van der Waals surface area contributed by atoms with Gasteiger partial charge in [-0.3, -0.25) is 23.7 Å². The number of benzene rings is 4. The maximum absolute atomic E-state index is 16.7. The van der Waals surface area contributed by atoms with Gasteiger partial charge in [0.15, 0.2) is 0 Å². The molecule has 3 saturated heterocycles. The second-order valence-electron chi connectivity index (χ2n) is 17.1. The molecule has 1 aliphatic carbocycles. The minimum atomic E-state index is -5.24. The third-order valence-corrected chi connectivity index (χ3v) is 15.0. The average molecular weight is 855 g/mol. The fourth-order valence-electron chi connectivity index (χ4n) is 9.44. The molecule has 2 N–H and O–H groups in total. The van der Waals surface area contributed by atoms with Crippen LogP contribution in [0.25, 0.3) is 10.8 Å². The molecule has 0 bridgehead atoms. The number of para-hydroxylation sites is 1. The van der Waals surface area contributed by atoms with E-state index in [0.29, 0.717) is 31.2 Å². The second kappa shape index (κ2) is 17.3. The van der Waals surface area contributed by atoms with Crippen LogP contribution in [-0.4, -0.2) is 76.3 Å². The van der Waals surface area contributed by atoms with E-state index in [1.54, 1.807) is 42.2 Å². The summed E-state index contributed by atoms with van der Waals surface area (Å²) in [5.74, 6) is -1.53. The first kappa shape index (κ1) is 42.6. The van der Waals surface area contributed by atoms with Crippen molar-refractivity contribution < 1.29 is 41.8 Å². The molecule has 14 heteroatoms. The lowest BCUT2D eigenvalue weighted by molar-refractivity contribution is -0.148. The number of nitrogens with one attached hydrogen (secondary N) is 2. The topological polar surface area (TPSA) is 134 Å². The van der Waals surface area contributed by atoms with Crippen LogP contribution in [0, 0.1) is 0 Å². The van der Waals surface area contributed by atoms with Crippen molar-refractivity contribution in [2.75, 3.05) is 13.2 Å². The summed E-state index contributed by atoms with van der Waals surface area (Å²) in [5, 5.41) is 6.00. The van der Waals surface area contributed by atoms with Gasteiger partial charge in [-0.15, -0.1) is 0 Å². The predicted octanol–water partition coefficient (Wildman–Crippen LogP) is 8.67. The van der Waals surface area contributed by atoms with Gasteiger partial charge in [-0.1, -0.05) is 86.5 Å². The van der Waals surface area contributed by atoms with Crippen molar-refractivity contribution in [3.05, 3.63) is 114 Å². The van der Waals surface area contributed by atoms with E-state index >= 15 is 8.78 Å². The number of hydrogen-bond donors (Lipinski definition) is 2. The van der Waals surface area contributed by atoms with Gasteiger partial charge >= 0.3 is 19.2 Å². The zero-order valence-electron chi connectivity index (χ0n) is 34.6. The number of carbonyl (C=O) groups excluding carboxylic acids is 4. The van der Waals surface area contributed by atoms with E-state index in [4.69, 9.17) is 9.26 Å². The maximum atomic E-state index is 16.7. The summed E-state index contributed by atoms with van der Waals surface area (Å²) >= 11 is 0. The van der Waals surface area contributed by atoms with Gasteiger partial charge in [0.05, 0.1) is 6.61 Å². The Labute approximate surface area is 355 Å². The quantitative estimate of drug-likeness (QED) is 0.101.